The first-order chi connectivity index (χ1) is 9.05. The first-order valence-electron chi connectivity index (χ1n) is 5.68. The molecule has 0 unspecified atom stereocenters. The molecule has 0 saturated heterocycles. The van der Waals surface area contributed by atoms with Crippen molar-refractivity contribution in [3.8, 4) is 0 Å². The molecule has 0 aliphatic heterocycles. The SMILES string of the molecule is CNC(=O)c1cccc(S(=O)(=O)c2ccccc2)c1. The summed E-state index contributed by atoms with van der Waals surface area (Å²) in [6.45, 7) is 0. The van der Waals surface area contributed by atoms with Crippen LogP contribution in [-0.2, 0) is 9.84 Å². The zero-order valence-corrected chi connectivity index (χ0v) is 11.1. The van der Waals surface area contributed by atoms with Crippen molar-refractivity contribution in [2.75, 3.05) is 7.05 Å². The van der Waals surface area contributed by atoms with E-state index in [4.69, 9.17) is 0 Å². The van der Waals surface area contributed by atoms with E-state index in [1.54, 1.807) is 30.3 Å². The predicted octanol–water partition coefficient (Wildman–Crippen LogP) is 1.88. The number of sulfone groups is 1. The van der Waals surface area contributed by atoms with Gasteiger partial charge >= 0.3 is 0 Å². The van der Waals surface area contributed by atoms with Crippen LogP contribution in [-0.4, -0.2) is 21.4 Å². The molecular weight excluding hydrogens is 262 g/mol. The molecule has 19 heavy (non-hydrogen) atoms. The van der Waals surface area contributed by atoms with Gasteiger partial charge in [0, 0.05) is 12.6 Å². The molecule has 0 radical (unpaired) electrons. The Balaban J connectivity index is 2.51. The van der Waals surface area contributed by atoms with Crippen LogP contribution >= 0.6 is 0 Å². The quantitative estimate of drug-likeness (QED) is 0.930. The van der Waals surface area contributed by atoms with E-state index in [-0.39, 0.29) is 15.7 Å². The van der Waals surface area contributed by atoms with E-state index in [2.05, 4.69) is 5.32 Å². The third-order valence-electron chi connectivity index (χ3n) is 2.69. The summed E-state index contributed by atoms with van der Waals surface area (Å²) in [4.78, 5) is 11.8. The van der Waals surface area contributed by atoms with Crippen molar-refractivity contribution >= 4 is 15.7 Å². The molecule has 0 atom stereocenters. The van der Waals surface area contributed by atoms with E-state index in [0.29, 0.717) is 5.56 Å². The second-order valence-corrected chi connectivity index (χ2v) is 5.87. The summed E-state index contributed by atoms with van der Waals surface area (Å²) >= 11 is 0. The normalized spacial score (nSPS) is 11.0. The Kier molecular flexibility index (Phi) is 3.66. The van der Waals surface area contributed by atoms with E-state index in [9.17, 15) is 13.2 Å². The first kappa shape index (κ1) is 13.3. The van der Waals surface area contributed by atoms with E-state index in [1.807, 2.05) is 0 Å². The molecule has 0 bridgehead atoms. The van der Waals surface area contributed by atoms with Crippen molar-refractivity contribution in [3.63, 3.8) is 0 Å². The fourth-order valence-corrected chi connectivity index (χ4v) is 3.01. The minimum Gasteiger partial charge on any atom is -0.355 e. The second kappa shape index (κ2) is 5.24. The Morgan fingerprint density at radius 1 is 0.947 bits per heavy atom. The van der Waals surface area contributed by atoms with Crippen molar-refractivity contribution in [1.82, 2.24) is 5.32 Å². The van der Waals surface area contributed by atoms with Gasteiger partial charge in [-0.15, -0.1) is 0 Å². The lowest BCUT2D eigenvalue weighted by molar-refractivity contribution is 0.0963. The number of amides is 1. The molecule has 0 fully saturated rings. The smallest absolute Gasteiger partial charge is 0.251 e. The first-order valence-corrected chi connectivity index (χ1v) is 7.16. The third-order valence-corrected chi connectivity index (χ3v) is 4.45. The van der Waals surface area contributed by atoms with E-state index in [1.165, 1.54) is 31.3 Å². The molecule has 2 aromatic rings. The van der Waals surface area contributed by atoms with Crippen molar-refractivity contribution in [2.45, 2.75) is 9.79 Å². The minimum atomic E-state index is -3.58. The maximum Gasteiger partial charge on any atom is 0.251 e. The van der Waals surface area contributed by atoms with Gasteiger partial charge in [-0.1, -0.05) is 24.3 Å². The molecule has 5 heteroatoms. The molecule has 2 aromatic carbocycles. The molecule has 98 valence electrons. The summed E-state index contributed by atoms with van der Waals surface area (Å²) in [7, 11) is -2.08. The van der Waals surface area contributed by atoms with Crippen molar-refractivity contribution < 1.29 is 13.2 Å². The van der Waals surface area contributed by atoms with E-state index >= 15 is 0 Å². The average Bonchev–Trinajstić information content (AvgIpc) is 2.47. The number of benzene rings is 2. The Hall–Kier alpha value is -2.14. The largest absolute Gasteiger partial charge is 0.355 e. The summed E-state index contributed by atoms with van der Waals surface area (Å²) in [6, 6.07) is 14.1. The number of rotatable bonds is 3. The van der Waals surface area contributed by atoms with Gasteiger partial charge in [-0.2, -0.15) is 0 Å². The van der Waals surface area contributed by atoms with Gasteiger partial charge < -0.3 is 5.32 Å². The van der Waals surface area contributed by atoms with Crippen LogP contribution in [0, 0.1) is 0 Å². The molecule has 2 rings (SSSR count). The van der Waals surface area contributed by atoms with Crippen LogP contribution in [0.15, 0.2) is 64.4 Å². The summed E-state index contributed by atoms with van der Waals surface area (Å²) in [5.41, 5.74) is 0.319. The molecule has 0 aliphatic carbocycles. The summed E-state index contributed by atoms with van der Waals surface area (Å²) in [5, 5.41) is 2.47. The Morgan fingerprint density at radius 2 is 1.58 bits per heavy atom. The molecule has 1 N–H and O–H groups in total. The fourth-order valence-electron chi connectivity index (χ4n) is 1.68. The van der Waals surface area contributed by atoms with Crippen LogP contribution in [0.2, 0.25) is 0 Å². The molecule has 0 saturated carbocycles. The third kappa shape index (κ3) is 2.66. The van der Waals surface area contributed by atoms with Crippen molar-refractivity contribution in [1.29, 1.82) is 0 Å². The van der Waals surface area contributed by atoms with E-state index < -0.39 is 9.84 Å². The van der Waals surface area contributed by atoms with Crippen LogP contribution in [0.1, 0.15) is 10.4 Å². The number of carbonyl (C=O) groups excluding carboxylic acids is 1. The van der Waals surface area contributed by atoms with Gasteiger partial charge in [0.25, 0.3) is 5.91 Å². The van der Waals surface area contributed by atoms with Gasteiger partial charge in [0.2, 0.25) is 9.84 Å². The van der Waals surface area contributed by atoms with Crippen LogP contribution in [0.25, 0.3) is 0 Å². The summed E-state index contributed by atoms with van der Waals surface area (Å²) in [5.74, 6) is -0.315. The minimum absolute atomic E-state index is 0.111. The highest BCUT2D eigenvalue weighted by molar-refractivity contribution is 7.91. The Labute approximate surface area is 112 Å². The molecule has 0 aliphatic rings. The van der Waals surface area contributed by atoms with Gasteiger partial charge in [0.1, 0.15) is 0 Å². The Bertz CT molecular complexity index is 694. The monoisotopic (exact) mass is 275 g/mol. The van der Waals surface area contributed by atoms with Crippen LogP contribution in [0.3, 0.4) is 0 Å². The maximum absolute atomic E-state index is 12.4. The van der Waals surface area contributed by atoms with Crippen molar-refractivity contribution in [2.24, 2.45) is 0 Å². The molecule has 4 nitrogen and oxygen atoms in total. The zero-order chi connectivity index (χ0) is 13.9. The molecule has 0 aromatic heterocycles. The van der Waals surface area contributed by atoms with Gasteiger partial charge in [-0.25, -0.2) is 8.42 Å². The number of nitrogens with one attached hydrogen (secondary N) is 1. The predicted molar refractivity (Wildman–Crippen MR) is 71.7 cm³/mol. The lowest BCUT2D eigenvalue weighted by atomic mass is 10.2. The van der Waals surface area contributed by atoms with Crippen LogP contribution in [0.4, 0.5) is 0 Å². The van der Waals surface area contributed by atoms with E-state index in [0.717, 1.165) is 0 Å². The molecular formula is C14H13NO3S. The van der Waals surface area contributed by atoms with Gasteiger partial charge in [-0.05, 0) is 30.3 Å². The second-order valence-electron chi connectivity index (χ2n) is 3.92. The van der Waals surface area contributed by atoms with Gasteiger partial charge in [0.05, 0.1) is 9.79 Å². The highest BCUT2D eigenvalue weighted by Gasteiger charge is 2.18. The molecule has 0 spiro atoms. The average molecular weight is 275 g/mol. The summed E-state index contributed by atoms with van der Waals surface area (Å²) < 4.78 is 24.7. The highest BCUT2D eigenvalue weighted by Crippen LogP contribution is 2.21. The van der Waals surface area contributed by atoms with Crippen molar-refractivity contribution in [3.05, 3.63) is 60.2 Å². The van der Waals surface area contributed by atoms with Crippen LogP contribution in [0.5, 0.6) is 0 Å². The highest BCUT2D eigenvalue weighted by atomic mass is 32.2. The zero-order valence-electron chi connectivity index (χ0n) is 10.3. The standard InChI is InChI=1S/C14H13NO3S/c1-15-14(16)11-6-5-9-13(10-11)19(17,18)12-7-3-2-4-8-12/h2-10H,1H3,(H,15,16). The van der Waals surface area contributed by atoms with Gasteiger partial charge in [-0.3, -0.25) is 4.79 Å². The summed E-state index contributed by atoms with van der Waals surface area (Å²) in [6.07, 6.45) is 0. The number of hydrogen-bond donors (Lipinski definition) is 1. The molecule has 0 heterocycles. The van der Waals surface area contributed by atoms with Gasteiger partial charge in [0.15, 0.2) is 0 Å². The topological polar surface area (TPSA) is 63.2 Å². The molecule has 1 amide bonds. The number of hydrogen-bond acceptors (Lipinski definition) is 3. The fraction of sp³-hybridized carbons (Fsp3) is 0.0714. The Morgan fingerprint density at radius 3 is 2.21 bits per heavy atom. The maximum atomic E-state index is 12.4. The number of carbonyl (C=O) groups is 1. The lowest BCUT2D eigenvalue weighted by Crippen LogP contribution is -2.18. The lowest BCUT2D eigenvalue weighted by Gasteiger charge is -2.06. The van der Waals surface area contributed by atoms with Crippen LogP contribution < -0.4 is 5.32 Å².